The minimum absolute atomic E-state index is 0.136. The molecule has 0 radical (unpaired) electrons. The zero-order valence-electron chi connectivity index (χ0n) is 20.5. The number of aryl methyl sites for hydroxylation is 1. The van der Waals surface area contributed by atoms with Gasteiger partial charge in [0.15, 0.2) is 5.82 Å². The van der Waals surface area contributed by atoms with Crippen LogP contribution in [0.4, 0.5) is 5.82 Å². The van der Waals surface area contributed by atoms with Crippen LogP contribution >= 0.6 is 0 Å². The Balaban J connectivity index is 1.46. The quantitative estimate of drug-likeness (QED) is 0.442. The molecular formula is C26H32N4O4S. The van der Waals surface area contributed by atoms with Gasteiger partial charge in [-0.3, -0.25) is 0 Å². The van der Waals surface area contributed by atoms with Gasteiger partial charge in [-0.2, -0.15) is 4.31 Å². The van der Waals surface area contributed by atoms with Crippen LogP contribution in [0.1, 0.15) is 26.3 Å². The van der Waals surface area contributed by atoms with Crippen LogP contribution in [-0.2, 0) is 16.4 Å². The number of aromatic nitrogens is 2. The van der Waals surface area contributed by atoms with Crippen molar-refractivity contribution in [1.82, 2.24) is 14.5 Å². The third-order valence-electron chi connectivity index (χ3n) is 6.01. The molecule has 2 heterocycles. The average molecular weight is 497 g/mol. The van der Waals surface area contributed by atoms with Crippen LogP contribution < -0.4 is 14.4 Å². The van der Waals surface area contributed by atoms with Crippen LogP contribution in [0, 0.1) is 0 Å². The fourth-order valence-corrected chi connectivity index (χ4v) is 5.65. The van der Waals surface area contributed by atoms with Gasteiger partial charge in [-0.1, -0.05) is 31.2 Å². The van der Waals surface area contributed by atoms with E-state index in [1.54, 1.807) is 18.2 Å². The SMILES string of the molecule is CCOc1ccc(OCC)c(S(=O)(=O)N2CCN(c3ccc(-c4ccc(CC)cc4)nn3)CC2)c1. The van der Waals surface area contributed by atoms with Crippen LogP contribution in [0.2, 0.25) is 0 Å². The van der Waals surface area contributed by atoms with E-state index < -0.39 is 10.0 Å². The topological polar surface area (TPSA) is 84.9 Å². The van der Waals surface area contributed by atoms with Crippen molar-refractivity contribution >= 4 is 15.8 Å². The van der Waals surface area contributed by atoms with Crippen molar-refractivity contribution < 1.29 is 17.9 Å². The molecule has 1 aliphatic heterocycles. The molecule has 2 aromatic carbocycles. The molecule has 186 valence electrons. The van der Waals surface area contributed by atoms with Gasteiger partial charge in [-0.25, -0.2) is 8.42 Å². The highest BCUT2D eigenvalue weighted by Crippen LogP contribution is 2.32. The number of nitrogens with zero attached hydrogens (tertiary/aromatic N) is 4. The first-order chi connectivity index (χ1) is 17.0. The minimum Gasteiger partial charge on any atom is -0.494 e. The van der Waals surface area contributed by atoms with Crippen LogP contribution in [0.3, 0.4) is 0 Å². The van der Waals surface area contributed by atoms with Crippen LogP contribution in [0.5, 0.6) is 11.5 Å². The van der Waals surface area contributed by atoms with Crippen molar-refractivity contribution in [3.8, 4) is 22.8 Å². The van der Waals surface area contributed by atoms with E-state index >= 15 is 0 Å². The molecule has 1 aromatic heterocycles. The lowest BCUT2D eigenvalue weighted by Gasteiger charge is -2.34. The van der Waals surface area contributed by atoms with E-state index in [9.17, 15) is 8.42 Å². The Morgan fingerprint density at radius 2 is 1.54 bits per heavy atom. The molecule has 0 saturated carbocycles. The monoisotopic (exact) mass is 496 g/mol. The highest BCUT2D eigenvalue weighted by molar-refractivity contribution is 7.89. The zero-order valence-corrected chi connectivity index (χ0v) is 21.3. The second-order valence-electron chi connectivity index (χ2n) is 8.19. The lowest BCUT2D eigenvalue weighted by molar-refractivity contribution is 0.319. The van der Waals surface area contributed by atoms with Crippen LogP contribution in [0.15, 0.2) is 59.5 Å². The summed E-state index contributed by atoms with van der Waals surface area (Å²) in [6.07, 6.45) is 0.998. The molecule has 0 aliphatic carbocycles. The molecule has 3 aromatic rings. The number of benzene rings is 2. The summed E-state index contributed by atoms with van der Waals surface area (Å²) in [6.45, 7) is 8.38. The van der Waals surface area contributed by atoms with Crippen molar-refractivity contribution in [3.05, 3.63) is 60.2 Å². The first-order valence-corrected chi connectivity index (χ1v) is 13.5. The number of ether oxygens (including phenoxy) is 2. The Labute approximate surface area is 207 Å². The maximum absolute atomic E-state index is 13.5. The largest absolute Gasteiger partial charge is 0.494 e. The maximum Gasteiger partial charge on any atom is 0.247 e. The van der Waals surface area contributed by atoms with Gasteiger partial charge in [0, 0.05) is 37.8 Å². The molecule has 9 heteroatoms. The van der Waals surface area contributed by atoms with E-state index in [0.29, 0.717) is 50.9 Å². The van der Waals surface area contributed by atoms with Crippen molar-refractivity contribution in [1.29, 1.82) is 0 Å². The third kappa shape index (κ3) is 5.57. The number of hydrogen-bond donors (Lipinski definition) is 0. The smallest absolute Gasteiger partial charge is 0.247 e. The second kappa shape index (κ2) is 11.0. The van der Waals surface area contributed by atoms with Gasteiger partial charge in [0.2, 0.25) is 10.0 Å². The van der Waals surface area contributed by atoms with E-state index in [1.165, 1.54) is 9.87 Å². The highest BCUT2D eigenvalue weighted by Gasteiger charge is 2.32. The van der Waals surface area contributed by atoms with Crippen molar-refractivity contribution in [2.45, 2.75) is 32.1 Å². The molecule has 4 rings (SSSR count). The van der Waals surface area contributed by atoms with Crippen molar-refractivity contribution in [2.75, 3.05) is 44.3 Å². The first kappa shape index (κ1) is 24.9. The zero-order chi connectivity index (χ0) is 24.8. The molecule has 0 spiro atoms. The summed E-state index contributed by atoms with van der Waals surface area (Å²) in [4.78, 5) is 2.19. The van der Waals surface area contributed by atoms with Gasteiger partial charge in [-0.15, -0.1) is 10.2 Å². The van der Waals surface area contributed by atoms with Gasteiger partial charge >= 0.3 is 0 Å². The number of anilines is 1. The third-order valence-corrected chi connectivity index (χ3v) is 7.93. The number of hydrogen-bond acceptors (Lipinski definition) is 7. The van der Waals surface area contributed by atoms with Gasteiger partial charge in [0.25, 0.3) is 0 Å². The Morgan fingerprint density at radius 1 is 0.829 bits per heavy atom. The Morgan fingerprint density at radius 3 is 2.14 bits per heavy atom. The lowest BCUT2D eigenvalue weighted by atomic mass is 10.1. The summed E-state index contributed by atoms with van der Waals surface area (Å²) in [5.74, 6) is 1.59. The summed E-state index contributed by atoms with van der Waals surface area (Å²) < 4.78 is 39.6. The van der Waals surface area contributed by atoms with Gasteiger partial charge in [-0.05, 0) is 50.1 Å². The molecule has 0 atom stereocenters. The minimum atomic E-state index is -3.74. The molecule has 1 aliphatic rings. The number of piperazine rings is 1. The molecule has 1 fully saturated rings. The van der Waals surface area contributed by atoms with E-state index in [4.69, 9.17) is 9.47 Å². The molecule has 0 unspecified atom stereocenters. The molecule has 8 nitrogen and oxygen atoms in total. The first-order valence-electron chi connectivity index (χ1n) is 12.0. The average Bonchev–Trinajstić information content (AvgIpc) is 2.90. The predicted molar refractivity (Wildman–Crippen MR) is 137 cm³/mol. The van der Waals surface area contributed by atoms with E-state index in [1.807, 2.05) is 26.0 Å². The summed E-state index contributed by atoms with van der Waals surface area (Å²) in [5.41, 5.74) is 3.12. The predicted octanol–water partition coefficient (Wildman–Crippen LogP) is 4.01. The van der Waals surface area contributed by atoms with Crippen LogP contribution in [-0.4, -0.2) is 62.3 Å². The maximum atomic E-state index is 13.5. The summed E-state index contributed by atoms with van der Waals surface area (Å²) in [6, 6.07) is 17.2. The fraction of sp³-hybridized carbons (Fsp3) is 0.385. The summed E-state index contributed by atoms with van der Waals surface area (Å²) in [5, 5.41) is 8.81. The molecule has 35 heavy (non-hydrogen) atoms. The molecular weight excluding hydrogens is 464 g/mol. The summed E-state index contributed by atoms with van der Waals surface area (Å²) >= 11 is 0. The molecule has 0 N–H and O–H groups in total. The van der Waals surface area contributed by atoms with E-state index in [2.05, 4.69) is 46.3 Å². The molecule has 1 saturated heterocycles. The Kier molecular flexibility index (Phi) is 7.87. The van der Waals surface area contributed by atoms with Crippen molar-refractivity contribution in [3.63, 3.8) is 0 Å². The van der Waals surface area contributed by atoms with Gasteiger partial charge < -0.3 is 14.4 Å². The normalized spacial score (nSPS) is 14.7. The molecule has 0 amide bonds. The van der Waals surface area contributed by atoms with E-state index in [0.717, 1.165) is 23.5 Å². The highest BCUT2D eigenvalue weighted by atomic mass is 32.2. The number of rotatable bonds is 9. The Bertz CT molecular complexity index is 1220. The second-order valence-corrected chi connectivity index (χ2v) is 10.1. The molecule has 0 bridgehead atoms. The Hall–Kier alpha value is -3.17. The van der Waals surface area contributed by atoms with Gasteiger partial charge in [0.1, 0.15) is 16.4 Å². The van der Waals surface area contributed by atoms with Crippen LogP contribution in [0.25, 0.3) is 11.3 Å². The van der Waals surface area contributed by atoms with Gasteiger partial charge in [0.05, 0.1) is 18.9 Å². The lowest BCUT2D eigenvalue weighted by Crippen LogP contribution is -2.49. The number of sulfonamides is 1. The van der Waals surface area contributed by atoms with E-state index in [-0.39, 0.29) is 4.90 Å². The fourth-order valence-electron chi connectivity index (χ4n) is 4.08. The summed E-state index contributed by atoms with van der Waals surface area (Å²) in [7, 11) is -3.74. The standard InChI is InChI=1S/C26H32N4O4S/c1-4-20-7-9-21(10-8-20)23-12-14-26(28-27-23)29-15-17-30(18-16-29)35(31,32)25-19-22(33-5-2)11-13-24(25)34-6-3/h7-14,19H,4-6,15-18H2,1-3H3. The van der Waals surface area contributed by atoms with Crippen molar-refractivity contribution in [2.24, 2.45) is 0 Å².